The second-order valence-corrected chi connectivity index (χ2v) is 28.6. The molecule has 0 amide bonds. The molecule has 0 bridgehead atoms. The van der Waals surface area contributed by atoms with Gasteiger partial charge in [0.15, 0.2) is 0 Å². The number of sulfonamides is 3. The second kappa shape index (κ2) is 28.6. The zero-order valence-corrected chi connectivity index (χ0v) is 51.2. The fraction of sp³-hybridized carbons (Fsp3) is 0.297. The third kappa shape index (κ3) is 15.2. The van der Waals surface area contributed by atoms with Crippen LogP contribution in [-0.2, 0) is 30.1 Å². The number of hydrogen-bond donors (Lipinski definition) is 0. The van der Waals surface area contributed by atoms with Crippen molar-refractivity contribution in [2.75, 3.05) is 39.3 Å². The van der Waals surface area contributed by atoms with Gasteiger partial charge in [0.2, 0.25) is 30.1 Å². The molecule has 11 rings (SSSR count). The molecule has 436 valence electrons. The summed E-state index contributed by atoms with van der Waals surface area (Å²) >= 11 is 4.75. The highest BCUT2D eigenvalue weighted by atomic mass is 32.2. The lowest BCUT2D eigenvalue weighted by Gasteiger charge is -2.25. The Hall–Kier alpha value is -6.13. The van der Waals surface area contributed by atoms with E-state index in [1.807, 2.05) is 66.4 Å². The maximum atomic E-state index is 13.1. The second-order valence-electron chi connectivity index (χ2n) is 20.2. The molecule has 0 unspecified atom stereocenters. The fourth-order valence-corrected chi connectivity index (χ4v) is 16.9. The molecule has 2 saturated heterocycles. The van der Waals surface area contributed by atoms with Crippen LogP contribution < -0.4 is 0 Å². The SMILES string of the molecule is C.CC(C)c1nc(-c2ccc(S(=O)(=O)N3CCCCC3)cc2)cs1.CCN(CC)S(=O)(=O)c1ccc(-c2csc(C(c3ccccc3)c3ccccc3)n2)cc1.O=S(=O)(c1ccc(-c2csc(-c3ccc(F)cc3)n2)cc1)N1CCCCC1. The number of halogens is 1. The molecule has 3 aromatic heterocycles. The smallest absolute Gasteiger partial charge is 0.241 e. The van der Waals surface area contributed by atoms with Gasteiger partial charge in [-0.25, -0.2) is 44.6 Å². The van der Waals surface area contributed by atoms with Crippen LogP contribution in [0.1, 0.15) is 107 Å². The van der Waals surface area contributed by atoms with Crippen LogP contribution in [0.4, 0.5) is 4.39 Å². The zero-order chi connectivity index (χ0) is 57.9. The first-order valence-corrected chi connectivity index (χ1v) is 34.6. The summed E-state index contributed by atoms with van der Waals surface area (Å²) in [6.07, 6.45) is 5.95. The van der Waals surface area contributed by atoms with Gasteiger partial charge < -0.3 is 0 Å². The van der Waals surface area contributed by atoms with Gasteiger partial charge in [0.1, 0.15) is 15.8 Å². The molecule has 0 spiro atoms. The Morgan fingerprint density at radius 2 is 0.843 bits per heavy atom. The topological polar surface area (TPSA) is 151 Å². The molecule has 0 N–H and O–H groups in total. The Labute approximate surface area is 502 Å². The van der Waals surface area contributed by atoms with E-state index < -0.39 is 30.1 Å². The normalized spacial score (nSPS) is 14.4. The van der Waals surface area contributed by atoms with Crippen LogP contribution in [0.5, 0.6) is 0 Å². The van der Waals surface area contributed by atoms with Crippen molar-refractivity contribution in [1.29, 1.82) is 0 Å². The van der Waals surface area contributed by atoms with E-state index in [0.29, 0.717) is 59.9 Å². The Bertz CT molecular complexity index is 3790. The lowest BCUT2D eigenvalue weighted by atomic mass is 9.92. The molecule has 0 aliphatic carbocycles. The number of thiazole rings is 3. The summed E-state index contributed by atoms with van der Waals surface area (Å²) < 4.78 is 94.0. The van der Waals surface area contributed by atoms with Crippen molar-refractivity contribution in [2.24, 2.45) is 0 Å². The molecule has 5 heterocycles. The van der Waals surface area contributed by atoms with Gasteiger partial charge in [-0.2, -0.15) is 12.9 Å². The Morgan fingerprint density at radius 3 is 1.25 bits per heavy atom. The minimum absolute atomic E-state index is 0. The van der Waals surface area contributed by atoms with Crippen LogP contribution in [0.3, 0.4) is 0 Å². The lowest BCUT2D eigenvalue weighted by molar-refractivity contribution is 0.346. The van der Waals surface area contributed by atoms with Gasteiger partial charge in [-0.05, 0) is 97.5 Å². The minimum atomic E-state index is -3.46. The van der Waals surface area contributed by atoms with E-state index in [9.17, 15) is 29.6 Å². The number of aromatic nitrogens is 3. The fourth-order valence-electron chi connectivity index (χ4n) is 9.75. The third-order valence-electron chi connectivity index (χ3n) is 14.3. The van der Waals surface area contributed by atoms with Gasteiger partial charge in [-0.1, -0.05) is 145 Å². The van der Waals surface area contributed by atoms with Crippen LogP contribution in [0.2, 0.25) is 0 Å². The van der Waals surface area contributed by atoms with Crippen molar-refractivity contribution in [3.8, 4) is 44.3 Å². The van der Waals surface area contributed by atoms with Crippen LogP contribution in [-0.4, -0.2) is 92.4 Å². The highest BCUT2D eigenvalue weighted by Gasteiger charge is 2.28. The van der Waals surface area contributed by atoms with Gasteiger partial charge >= 0.3 is 0 Å². The van der Waals surface area contributed by atoms with E-state index in [2.05, 4.69) is 72.3 Å². The summed E-state index contributed by atoms with van der Waals surface area (Å²) in [5, 5.41) is 8.91. The van der Waals surface area contributed by atoms with Crippen LogP contribution in [0, 0.1) is 5.82 Å². The molecule has 9 aromatic rings. The van der Waals surface area contributed by atoms with Crippen molar-refractivity contribution in [2.45, 2.75) is 100 Å². The summed E-state index contributed by atoms with van der Waals surface area (Å²) in [6, 6.07) is 48.0. The molecule has 0 saturated carbocycles. The van der Waals surface area contributed by atoms with Crippen LogP contribution >= 0.6 is 34.0 Å². The molecule has 0 radical (unpaired) electrons. The van der Waals surface area contributed by atoms with Gasteiger partial charge in [0.25, 0.3) is 0 Å². The van der Waals surface area contributed by atoms with Crippen LogP contribution in [0.15, 0.2) is 189 Å². The van der Waals surface area contributed by atoms with E-state index in [4.69, 9.17) is 4.98 Å². The predicted octanol–water partition coefficient (Wildman–Crippen LogP) is 15.6. The van der Waals surface area contributed by atoms with Crippen molar-refractivity contribution in [1.82, 2.24) is 27.9 Å². The molecule has 2 aliphatic heterocycles. The number of nitrogens with zero attached hydrogens (tertiary/aromatic N) is 6. The minimum Gasteiger partial charge on any atom is -0.241 e. The summed E-state index contributed by atoms with van der Waals surface area (Å²) in [5.74, 6) is 0.187. The third-order valence-corrected chi connectivity index (χ3v) is 23.2. The van der Waals surface area contributed by atoms with Gasteiger partial charge in [-0.3, -0.25) is 0 Å². The number of benzene rings is 6. The molecular formula is C64H71FN6O6S6. The Balaban J connectivity index is 0.000000164. The summed E-state index contributed by atoms with van der Waals surface area (Å²) in [6.45, 7) is 11.3. The first-order valence-electron chi connectivity index (χ1n) is 27.6. The summed E-state index contributed by atoms with van der Waals surface area (Å²) in [5.41, 5.74) is 8.53. The molecule has 0 atom stereocenters. The molecule has 2 aliphatic rings. The molecule has 19 heteroatoms. The monoisotopic (exact) mass is 1230 g/mol. The molecule has 6 aromatic carbocycles. The van der Waals surface area contributed by atoms with Gasteiger partial charge in [0.05, 0.1) is 42.7 Å². The van der Waals surface area contributed by atoms with Crippen molar-refractivity contribution >= 4 is 64.1 Å². The zero-order valence-electron chi connectivity index (χ0n) is 46.3. The predicted molar refractivity (Wildman–Crippen MR) is 338 cm³/mol. The summed E-state index contributed by atoms with van der Waals surface area (Å²) in [7, 11) is -10.2. The van der Waals surface area contributed by atoms with Crippen molar-refractivity contribution in [3.05, 3.63) is 201 Å². The maximum absolute atomic E-state index is 13.1. The highest BCUT2D eigenvalue weighted by Crippen LogP contribution is 2.37. The Kier molecular flexibility index (Phi) is 21.7. The quantitative estimate of drug-likeness (QED) is 0.0921. The first-order chi connectivity index (χ1) is 39.6. The molecular weight excluding hydrogens is 1160 g/mol. The van der Waals surface area contributed by atoms with Gasteiger partial charge in [-0.15, -0.1) is 34.0 Å². The average Bonchev–Trinajstić information content (AvgIpc) is 4.56. The Morgan fingerprint density at radius 1 is 0.470 bits per heavy atom. The van der Waals surface area contributed by atoms with Crippen molar-refractivity contribution in [3.63, 3.8) is 0 Å². The van der Waals surface area contributed by atoms with Gasteiger partial charge in [0, 0.05) is 83.6 Å². The highest BCUT2D eigenvalue weighted by molar-refractivity contribution is 7.89. The first kappa shape index (κ1) is 62.9. The van der Waals surface area contributed by atoms with E-state index in [1.165, 1.54) is 38.9 Å². The average molecular weight is 1230 g/mol. The number of rotatable bonds is 16. The van der Waals surface area contributed by atoms with E-state index >= 15 is 0 Å². The van der Waals surface area contributed by atoms with Crippen molar-refractivity contribution < 1.29 is 29.6 Å². The van der Waals surface area contributed by atoms with E-state index in [-0.39, 0.29) is 19.2 Å². The van der Waals surface area contributed by atoms with E-state index in [1.54, 1.807) is 91.9 Å². The lowest BCUT2D eigenvalue weighted by Crippen LogP contribution is -2.35. The largest absolute Gasteiger partial charge is 0.243 e. The van der Waals surface area contributed by atoms with E-state index in [0.717, 1.165) is 92.9 Å². The number of hydrogen-bond acceptors (Lipinski definition) is 12. The summed E-state index contributed by atoms with van der Waals surface area (Å²) in [4.78, 5) is 15.2. The van der Waals surface area contributed by atoms with Crippen LogP contribution in [0.25, 0.3) is 44.3 Å². The number of piperidine rings is 2. The maximum Gasteiger partial charge on any atom is 0.243 e. The molecule has 12 nitrogen and oxygen atoms in total. The molecule has 2 fully saturated rings. The standard InChI is InChI=1S/C26H26N2O2S2.C20H19FN2O2S2.C17H22N2O2S2.CH4/c1-3-28(4-2)32(29,30)23-17-15-20(16-18-23)24-19-31-26(27-24)25(21-11-7-5-8-12-21)22-13-9-6-10-14-22;21-17-8-4-16(5-9-17)20-22-19(14-26-20)15-6-10-18(11-7-15)27(24,25)23-12-2-1-3-13-23;1-13(2)17-18-16(12-22-17)14-6-8-15(9-7-14)23(20,21)19-10-4-3-5-11-19;/h5-19,25H,3-4H2,1-2H3;4-11,14H,1-3,12-13H2;6-9,12-13H,3-5,10-11H2,1-2H3;1H4. The molecule has 83 heavy (non-hydrogen) atoms.